The number of fused-ring (bicyclic) bond motifs is 1. The molecule has 2 aromatic carbocycles. The van der Waals surface area contributed by atoms with Gasteiger partial charge in [0.25, 0.3) is 0 Å². The lowest BCUT2D eigenvalue weighted by Crippen LogP contribution is -2.30. The minimum atomic E-state index is -3.50. The standard InChI is InChI=1S/C22H28N4O4S/c1-4-25(5-2)31(29,30)20-9-6-18(7-10-20)23-15-22(28)24-19-8-11-21-17(14-19)12-13-26(21)16(3)27/h6-11,14,23H,4-5,12-13,15H2,1-3H3,(H,24,28). The number of carbonyl (C=O) groups excluding carboxylic acids is 2. The lowest BCUT2D eigenvalue weighted by molar-refractivity contribution is -0.116. The second kappa shape index (κ2) is 9.49. The van der Waals surface area contributed by atoms with Crippen LogP contribution in [0.5, 0.6) is 0 Å². The van der Waals surface area contributed by atoms with E-state index in [1.54, 1.807) is 43.9 Å². The molecule has 0 unspecified atom stereocenters. The maximum Gasteiger partial charge on any atom is 0.243 e. The van der Waals surface area contributed by atoms with Crippen LogP contribution in [0.1, 0.15) is 26.3 Å². The van der Waals surface area contributed by atoms with Crippen molar-refractivity contribution in [3.8, 4) is 0 Å². The molecular formula is C22H28N4O4S. The smallest absolute Gasteiger partial charge is 0.243 e. The van der Waals surface area contributed by atoms with Crippen LogP contribution in [0.25, 0.3) is 0 Å². The summed E-state index contributed by atoms with van der Waals surface area (Å²) in [5.74, 6) is -0.211. The second-order valence-corrected chi connectivity index (χ2v) is 9.22. The van der Waals surface area contributed by atoms with Gasteiger partial charge in [-0.2, -0.15) is 4.31 Å². The number of benzene rings is 2. The van der Waals surface area contributed by atoms with Gasteiger partial charge in [-0.1, -0.05) is 13.8 Å². The molecule has 2 aromatic rings. The van der Waals surface area contributed by atoms with E-state index in [2.05, 4.69) is 10.6 Å². The molecular weight excluding hydrogens is 416 g/mol. The Hall–Kier alpha value is -2.91. The highest BCUT2D eigenvalue weighted by Crippen LogP contribution is 2.30. The molecule has 0 fully saturated rings. The van der Waals surface area contributed by atoms with E-state index < -0.39 is 10.0 Å². The third kappa shape index (κ3) is 5.05. The van der Waals surface area contributed by atoms with Crippen molar-refractivity contribution in [2.24, 2.45) is 0 Å². The molecule has 1 aliphatic rings. The van der Waals surface area contributed by atoms with Gasteiger partial charge in [-0.15, -0.1) is 0 Å². The SMILES string of the molecule is CCN(CC)S(=O)(=O)c1ccc(NCC(=O)Nc2ccc3c(c2)CCN3C(C)=O)cc1. The maximum absolute atomic E-state index is 12.5. The minimum Gasteiger partial charge on any atom is -0.376 e. The first-order chi connectivity index (χ1) is 14.8. The van der Waals surface area contributed by atoms with Crippen molar-refractivity contribution in [1.29, 1.82) is 0 Å². The Labute approximate surface area is 183 Å². The van der Waals surface area contributed by atoms with E-state index in [0.717, 1.165) is 17.7 Å². The summed E-state index contributed by atoms with van der Waals surface area (Å²) in [6, 6.07) is 11.9. The zero-order valence-electron chi connectivity index (χ0n) is 18.0. The number of anilines is 3. The van der Waals surface area contributed by atoms with E-state index in [9.17, 15) is 18.0 Å². The van der Waals surface area contributed by atoms with E-state index in [1.165, 1.54) is 16.4 Å². The first-order valence-corrected chi connectivity index (χ1v) is 11.7. The molecule has 0 spiro atoms. The first-order valence-electron chi connectivity index (χ1n) is 10.3. The molecule has 1 heterocycles. The van der Waals surface area contributed by atoms with Crippen LogP contribution in [0.2, 0.25) is 0 Å². The molecule has 0 bridgehead atoms. The van der Waals surface area contributed by atoms with Gasteiger partial charge in [-0.05, 0) is 54.4 Å². The van der Waals surface area contributed by atoms with Gasteiger partial charge < -0.3 is 15.5 Å². The fourth-order valence-electron chi connectivity index (χ4n) is 3.65. The van der Waals surface area contributed by atoms with Crippen molar-refractivity contribution in [3.05, 3.63) is 48.0 Å². The van der Waals surface area contributed by atoms with Gasteiger partial charge >= 0.3 is 0 Å². The average Bonchev–Trinajstić information content (AvgIpc) is 3.17. The van der Waals surface area contributed by atoms with Crippen molar-refractivity contribution in [3.63, 3.8) is 0 Å². The largest absolute Gasteiger partial charge is 0.376 e. The van der Waals surface area contributed by atoms with Gasteiger partial charge in [0.05, 0.1) is 11.4 Å². The van der Waals surface area contributed by atoms with E-state index in [-0.39, 0.29) is 23.3 Å². The molecule has 8 nitrogen and oxygen atoms in total. The topological polar surface area (TPSA) is 98.8 Å². The third-order valence-corrected chi connectivity index (χ3v) is 7.35. The zero-order valence-corrected chi connectivity index (χ0v) is 18.8. The molecule has 0 atom stereocenters. The van der Waals surface area contributed by atoms with Crippen LogP contribution in [0, 0.1) is 0 Å². The van der Waals surface area contributed by atoms with Crippen LogP contribution in [-0.4, -0.2) is 50.7 Å². The zero-order chi connectivity index (χ0) is 22.6. The fraction of sp³-hybridized carbons (Fsp3) is 0.364. The Balaban J connectivity index is 1.57. The Morgan fingerprint density at radius 2 is 1.68 bits per heavy atom. The van der Waals surface area contributed by atoms with Crippen LogP contribution >= 0.6 is 0 Å². The fourth-order valence-corrected chi connectivity index (χ4v) is 5.11. The van der Waals surface area contributed by atoms with Gasteiger partial charge in [0.1, 0.15) is 0 Å². The number of carbonyl (C=O) groups is 2. The number of hydrogen-bond acceptors (Lipinski definition) is 5. The molecule has 166 valence electrons. The summed E-state index contributed by atoms with van der Waals surface area (Å²) in [5, 5.41) is 5.85. The Morgan fingerprint density at radius 3 is 2.29 bits per heavy atom. The van der Waals surface area contributed by atoms with Gasteiger partial charge in [0.15, 0.2) is 0 Å². The molecule has 0 saturated heterocycles. The normalized spacial score (nSPS) is 13.2. The second-order valence-electron chi connectivity index (χ2n) is 7.28. The molecule has 0 radical (unpaired) electrons. The van der Waals surface area contributed by atoms with Crippen molar-refractivity contribution < 1.29 is 18.0 Å². The van der Waals surface area contributed by atoms with Crippen LogP contribution in [0.4, 0.5) is 17.1 Å². The Kier molecular flexibility index (Phi) is 6.97. The highest BCUT2D eigenvalue weighted by atomic mass is 32.2. The van der Waals surface area contributed by atoms with Crippen LogP contribution in [-0.2, 0) is 26.0 Å². The summed E-state index contributed by atoms with van der Waals surface area (Å²) < 4.78 is 26.5. The molecule has 9 heteroatoms. The third-order valence-electron chi connectivity index (χ3n) is 5.29. The lowest BCUT2D eigenvalue weighted by Gasteiger charge is -2.18. The first kappa shape index (κ1) is 22.8. The van der Waals surface area contributed by atoms with Crippen molar-refractivity contribution in [1.82, 2.24) is 4.31 Å². The number of hydrogen-bond donors (Lipinski definition) is 2. The van der Waals surface area contributed by atoms with Gasteiger partial charge in [-0.3, -0.25) is 9.59 Å². The van der Waals surface area contributed by atoms with Crippen molar-refractivity contribution >= 4 is 38.9 Å². The minimum absolute atomic E-state index is 0.00986. The summed E-state index contributed by atoms with van der Waals surface area (Å²) in [5.41, 5.74) is 3.26. The molecule has 3 rings (SSSR count). The molecule has 31 heavy (non-hydrogen) atoms. The van der Waals surface area contributed by atoms with Crippen LogP contribution < -0.4 is 15.5 Å². The van der Waals surface area contributed by atoms with Crippen LogP contribution in [0.3, 0.4) is 0 Å². The van der Waals surface area contributed by atoms with Crippen molar-refractivity contribution in [2.75, 3.05) is 41.7 Å². The van der Waals surface area contributed by atoms with E-state index >= 15 is 0 Å². The number of nitrogens with one attached hydrogen (secondary N) is 2. The van der Waals surface area contributed by atoms with Gasteiger partial charge in [0, 0.05) is 43.6 Å². The van der Waals surface area contributed by atoms with Gasteiger partial charge in [-0.25, -0.2) is 8.42 Å². The number of amides is 2. The van der Waals surface area contributed by atoms with E-state index in [1.807, 2.05) is 12.1 Å². The summed E-state index contributed by atoms with van der Waals surface area (Å²) in [4.78, 5) is 25.9. The summed E-state index contributed by atoms with van der Waals surface area (Å²) in [7, 11) is -3.50. The molecule has 2 amide bonds. The Morgan fingerprint density at radius 1 is 1.03 bits per heavy atom. The summed E-state index contributed by atoms with van der Waals surface area (Å²) in [6.45, 7) is 6.67. The van der Waals surface area contributed by atoms with E-state index in [4.69, 9.17) is 0 Å². The molecule has 2 N–H and O–H groups in total. The number of sulfonamides is 1. The summed E-state index contributed by atoms with van der Waals surface area (Å²) >= 11 is 0. The van der Waals surface area contributed by atoms with Crippen molar-refractivity contribution in [2.45, 2.75) is 32.1 Å². The molecule has 1 aliphatic heterocycles. The monoisotopic (exact) mass is 444 g/mol. The molecule has 0 aliphatic carbocycles. The quantitative estimate of drug-likeness (QED) is 0.652. The highest BCUT2D eigenvalue weighted by Gasteiger charge is 2.23. The molecule has 0 aromatic heterocycles. The summed E-state index contributed by atoms with van der Waals surface area (Å²) in [6.07, 6.45) is 0.764. The predicted molar refractivity (Wildman–Crippen MR) is 122 cm³/mol. The number of rotatable bonds is 8. The predicted octanol–water partition coefficient (Wildman–Crippen LogP) is 2.68. The van der Waals surface area contributed by atoms with Gasteiger partial charge in [0.2, 0.25) is 21.8 Å². The maximum atomic E-state index is 12.5. The highest BCUT2D eigenvalue weighted by molar-refractivity contribution is 7.89. The Bertz CT molecular complexity index is 1060. The van der Waals surface area contributed by atoms with E-state index in [0.29, 0.717) is 31.0 Å². The number of nitrogens with zero attached hydrogens (tertiary/aromatic N) is 2. The molecule has 0 saturated carbocycles. The lowest BCUT2D eigenvalue weighted by atomic mass is 10.1. The average molecular weight is 445 g/mol. The van der Waals surface area contributed by atoms with Crippen LogP contribution in [0.15, 0.2) is 47.4 Å².